The molecule has 216 valence electrons. The number of benzene rings is 4. The Morgan fingerprint density at radius 2 is 1.26 bits per heavy atom. The van der Waals surface area contributed by atoms with E-state index in [1.54, 1.807) is 31.4 Å². The van der Waals surface area contributed by atoms with Crippen LogP contribution >= 0.6 is 0 Å². The molecule has 1 N–H and O–H groups in total. The summed E-state index contributed by atoms with van der Waals surface area (Å²) in [7, 11) is 1.60. The quantitative estimate of drug-likeness (QED) is 0.205. The van der Waals surface area contributed by atoms with Gasteiger partial charge >= 0.3 is 0 Å². The van der Waals surface area contributed by atoms with Crippen LogP contribution in [0.5, 0.6) is 5.75 Å². The maximum atomic E-state index is 13.6. The second kappa shape index (κ2) is 15.0. The maximum Gasteiger partial charge on any atom is 0.257 e. The summed E-state index contributed by atoms with van der Waals surface area (Å²) in [6, 6.07) is 36.8. The van der Waals surface area contributed by atoms with Crippen molar-refractivity contribution in [1.29, 1.82) is 0 Å². The molecule has 0 saturated heterocycles. The van der Waals surface area contributed by atoms with Crippen molar-refractivity contribution in [3.05, 3.63) is 144 Å². The lowest BCUT2D eigenvalue weighted by molar-refractivity contribution is -0.155. The number of rotatable bonds is 13. The Morgan fingerprint density at radius 1 is 0.714 bits per heavy atom. The van der Waals surface area contributed by atoms with Crippen molar-refractivity contribution in [2.24, 2.45) is 0 Å². The topological polar surface area (TPSA) is 75.3 Å². The Kier molecular flexibility index (Phi) is 10.4. The Balaban J connectivity index is 1.38. The van der Waals surface area contributed by atoms with Crippen molar-refractivity contribution in [2.75, 3.05) is 19.0 Å². The highest BCUT2D eigenvalue weighted by molar-refractivity contribution is 6.04. The average Bonchev–Trinajstić information content (AvgIpc) is 3.05. The molecule has 0 aliphatic carbocycles. The van der Waals surface area contributed by atoms with E-state index in [0.717, 1.165) is 16.7 Å². The first-order valence-corrected chi connectivity index (χ1v) is 13.9. The number of anilines is 1. The van der Waals surface area contributed by atoms with Gasteiger partial charge in [-0.1, -0.05) is 91.0 Å². The third-order valence-corrected chi connectivity index (χ3v) is 6.90. The molecule has 1 amide bonds. The number of hydrogen-bond acceptors (Lipinski definition) is 6. The molecule has 1 aliphatic rings. The number of amides is 1. The molecule has 0 radical (unpaired) electrons. The highest BCUT2D eigenvalue weighted by atomic mass is 16.6. The molecule has 0 saturated carbocycles. The zero-order chi connectivity index (χ0) is 29.0. The minimum atomic E-state index is -0.716. The monoisotopic (exact) mass is 565 g/mol. The minimum absolute atomic E-state index is 0.253. The van der Waals surface area contributed by atoms with E-state index in [0.29, 0.717) is 36.8 Å². The molecule has 0 aromatic heterocycles. The number of carbonyl (C=O) groups is 1. The molecule has 0 unspecified atom stereocenters. The van der Waals surface area contributed by atoms with Crippen molar-refractivity contribution >= 4 is 11.6 Å². The first kappa shape index (κ1) is 29.1. The van der Waals surface area contributed by atoms with Gasteiger partial charge in [0.25, 0.3) is 5.91 Å². The average molecular weight is 566 g/mol. The molecule has 7 heteroatoms. The van der Waals surface area contributed by atoms with Gasteiger partial charge in [0.15, 0.2) is 0 Å². The van der Waals surface area contributed by atoms with Gasteiger partial charge in [0.2, 0.25) is 0 Å². The first-order chi connectivity index (χ1) is 20.7. The third-order valence-electron chi connectivity index (χ3n) is 6.90. The van der Waals surface area contributed by atoms with E-state index in [4.69, 9.17) is 23.7 Å². The summed E-state index contributed by atoms with van der Waals surface area (Å²) < 4.78 is 30.4. The van der Waals surface area contributed by atoms with Gasteiger partial charge in [0, 0.05) is 5.69 Å². The molecule has 4 aromatic rings. The molecule has 1 heterocycles. The van der Waals surface area contributed by atoms with E-state index in [1.807, 2.05) is 91.0 Å². The first-order valence-electron chi connectivity index (χ1n) is 13.9. The molecule has 1 aliphatic heterocycles. The summed E-state index contributed by atoms with van der Waals surface area (Å²) in [5, 5.41) is 2.96. The minimum Gasteiger partial charge on any atom is -0.497 e. The van der Waals surface area contributed by atoms with Crippen LogP contribution < -0.4 is 10.1 Å². The molecule has 4 aromatic carbocycles. The lowest BCUT2D eigenvalue weighted by Gasteiger charge is -2.37. The third kappa shape index (κ3) is 8.07. The summed E-state index contributed by atoms with van der Waals surface area (Å²) >= 11 is 0. The molecule has 0 bridgehead atoms. The largest absolute Gasteiger partial charge is 0.497 e. The molecule has 0 fully saturated rings. The van der Waals surface area contributed by atoms with Crippen molar-refractivity contribution in [2.45, 2.75) is 38.1 Å². The Hall–Kier alpha value is -4.43. The number of methoxy groups -OCH3 is 1. The van der Waals surface area contributed by atoms with Crippen LogP contribution in [0.1, 0.15) is 16.7 Å². The van der Waals surface area contributed by atoms with Gasteiger partial charge in [-0.25, -0.2) is 0 Å². The second-order valence-corrected chi connectivity index (χ2v) is 9.91. The molecule has 7 nitrogen and oxygen atoms in total. The van der Waals surface area contributed by atoms with Crippen LogP contribution in [0.4, 0.5) is 5.69 Å². The van der Waals surface area contributed by atoms with E-state index < -0.39 is 18.3 Å². The zero-order valence-corrected chi connectivity index (χ0v) is 23.6. The fraction of sp³-hybridized carbons (Fsp3) is 0.229. The molecule has 3 atom stereocenters. The molecule has 0 spiro atoms. The SMILES string of the molecule is COc1ccc(NC(=O)C2=CO[C@H](COCc3ccccc3)[C@@H](OCc3ccccc3)[C@@H]2OCc2ccccc2)cc1. The van der Waals surface area contributed by atoms with Crippen LogP contribution in [-0.2, 0) is 43.6 Å². The summed E-state index contributed by atoms with van der Waals surface area (Å²) in [6.07, 6.45) is -0.360. The van der Waals surface area contributed by atoms with Gasteiger partial charge in [-0.2, -0.15) is 0 Å². The van der Waals surface area contributed by atoms with E-state index in [9.17, 15) is 4.79 Å². The van der Waals surface area contributed by atoms with Crippen LogP contribution in [0.25, 0.3) is 0 Å². The van der Waals surface area contributed by atoms with Crippen LogP contribution in [-0.4, -0.2) is 37.9 Å². The zero-order valence-electron chi connectivity index (χ0n) is 23.6. The van der Waals surface area contributed by atoms with Gasteiger partial charge in [-0.15, -0.1) is 0 Å². The van der Waals surface area contributed by atoms with Crippen molar-refractivity contribution < 1.29 is 28.5 Å². The smallest absolute Gasteiger partial charge is 0.257 e. The van der Waals surface area contributed by atoms with Gasteiger partial charge in [0.1, 0.15) is 24.1 Å². The van der Waals surface area contributed by atoms with Crippen molar-refractivity contribution in [1.82, 2.24) is 0 Å². The lowest BCUT2D eigenvalue weighted by atomic mass is 9.97. The number of ether oxygens (including phenoxy) is 5. The van der Waals surface area contributed by atoms with Crippen LogP contribution in [0.2, 0.25) is 0 Å². The lowest BCUT2D eigenvalue weighted by Crippen LogP contribution is -2.50. The predicted octanol–water partition coefficient (Wildman–Crippen LogP) is 6.30. The summed E-state index contributed by atoms with van der Waals surface area (Å²) in [6.45, 7) is 1.30. The molecular formula is C35H35NO6. The highest BCUT2D eigenvalue weighted by Crippen LogP contribution is 2.29. The normalized spacial score (nSPS) is 18.0. The number of carbonyl (C=O) groups excluding carboxylic acids is 1. The fourth-order valence-corrected chi connectivity index (χ4v) is 4.65. The van der Waals surface area contributed by atoms with Crippen LogP contribution in [0, 0.1) is 0 Å². The number of nitrogens with one attached hydrogen (secondary N) is 1. The molecular weight excluding hydrogens is 530 g/mol. The Morgan fingerprint density at radius 3 is 1.83 bits per heavy atom. The van der Waals surface area contributed by atoms with Gasteiger partial charge < -0.3 is 29.0 Å². The van der Waals surface area contributed by atoms with Gasteiger partial charge in [0.05, 0.1) is 45.4 Å². The fourth-order valence-electron chi connectivity index (χ4n) is 4.65. The Labute approximate surface area is 246 Å². The van der Waals surface area contributed by atoms with E-state index in [1.165, 1.54) is 6.26 Å². The standard InChI is InChI=1S/C35H35NO6/c1-38-30-19-17-29(18-20-30)36-35(37)31-24-40-32(25-39-21-26-11-5-2-6-12-26)34(42-23-28-15-9-4-10-16-28)33(31)41-22-27-13-7-3-8-14-27/h2-20,24,32-34H,21-23,25H2,1H3,(H,36,37)/t32-,33-,34-/m1/s1. The number of hydrogen-bond donors (Lipinski definition) is 1. The van der Waals surface area contributed by atoms with Gasteiger partial charge in [-0.05, 0) is 41.0 Å². The summed E-state index contributed by atoms with van der Waals surface area (Å²) in [5.41, 5.74) is 4.00. The predicted molar refractivity (Wildman–Crippen MR) is 161 cm³/mol. The van der Waals surface area contributed by atoms with Crippen LogP contribution in [0.3, 0.4) is 0 Å². The van der Waals surface area contributed by atoms with Crippen molar-refractivity contribution in [3.63, 3.8) is 0 Å². The maximum absolute atomic E-state index is 13.6. The second-order valence-electron chi connectivity index (χ2n) is 9.91. The summed E-state index contributed by atoms with van der Waals surface area (Å²) in [4.78, 5) is 13.6. The van der Waals surface area contributed by atoms with Crippen molar-refractivity contribution in [3.8, 4) is 5.75 Å². The molecule has 42 heavy (non-hydrogen) atoms. The van der Waals surface area contributed by atoms with Crippen LogP contribution in [0.15, 0.2) is 127 Å². The van der Waals surface area contributed by atoms with E-state index in [2.05, 4.69) is 5.32 Å². The molecule has 5 rings (SSSR count). The van der Waals surface area contributed by atoms with E-state index >= 15 is 0 Å². The highest BCUT2D eigenvalue weighted by Gasteiger charge is 2.41. The summed E-state index contributed by atoms with van der Waals surface area (Å²) in [5.74, 6) is 0.361. The Bertz CT molecular complexity index is 1410. The van der Waals surface area contributed by atoms with Gasteiger partial charge in [-0.3, -0.25) is 4.79 Å². The van der Waals surface area contributed by atoms with E-state index in [-0.39, 0.29) is 12.5 Å².